The van der Waals surface area contributed by atoms with E-state index in [9.17, 15) is 9.59 Å². The minimum atomic E-state index is -0.0159. The molecule has 1 aromatic carbocycles. The van der Waals surface area contributed by atoms with Crippen LogP contribution in [0.15, 0.2) is 29.3 Å². The van der Waals surface area contributed by atoms with E-state index in [4.69, 9.17) is 0 Å². The number of hydrogen-bond acceptors (Lipinski definition) is 5. The molecule has 152 valence electrons. The highest BCUT2D eigenvalue weighted by Gasteiger charge is 2.26. The number of nitrogens with one attached hydrogen (secondary N) is 1. The number of amides is 1. The Bertz CT molecular complexity index is 1100. The Hall–Kier alpha value is -3.16. The van der Waals surface area contributed by atoms with Gasteiger partial charge in [0.15, 0.2) is 0 Å². The topological polar surface area (TPSA) is 87.1 Å². The lowest BCUT2D eigenvalue weighted by molar-refractivity contribution is 0.0745. The number of carbonyl (C=O) groups excluding carboxylic acids is 1. The van der Waals surface area contributed by atoms with Crippen LogP contribution in [-0.4, -0.2) is 56.7 Å². The number of aryl methyl sites for hydroxylation is 2. The average Bonchev–Trinajstić information content (AvgIpc) is 3.05. The lowest BCUT2D eigenvalue weighted by Crippen LogP contribution is -2.49. The summed E-state index contributed by atoms with van der Waals surface area (Å²) in [7, 11) is 0. The van der Waals surface area contributed by atoms with Gasteiger partial charge in [-0.15, -0.1) is 0 Å². The largest absolute Gasteiger partial charge is 0.368 e. The van der Waals surface area contributed by atoms with Crippen LogP contribution in [0.4, 0.5) is 5.69 Å². The second-order valence-corrected chi connectivity index (χ2v) is 7.84. The predicted molar refractivity (Wildman–Crippen MR) is 113 cm³/mol. The number of nitrogens with zero attached hydrogens (tertiary/aromatic N) is 5. The van der Waals surface area contributed by atoms with E-state index in [1.165, 1.54) is 0 Å². The molecule has 1 aliphatic rings. The summed E-state index contributed by atoms with van der Waals surface area (Å²) >= 11 is 0. The summed E-state index contributed by atoms with van der Waals surface area (Å²) in [5, 5.41) is 7.64. The zero-order valence-corrected chi connectivity index (χ0v) is 17.3. The first-order valence-corrected chi connectivity index (χ1v) is 9.93. The van der Waals surface area contributed by atoms with E-state index in [1.54, 1.807) is 10.9 Å². The fraction of sp³-hybridized carbons (Fsp3) is 0.429. The number of anilines is 1. The van der Waals surface area contributed by atoms with Gasteiger partial charge in [0.2, 0.25) is 0 Å². The summed E-state index contributed by atoms with van der Waals surface area (Å²) in [5.74, 6) is 0.0304. The number of fused-ring (bicyclic) bond motifs is 1. The number of H-pyrrole nitrogens is 1. The van der Waals surface area contributed by atoms with E-state index < -0.39 is 0 Å². The maximum Gasteiger partial charge on any atom is 0.261 e. The van der Waals surface area contributed by atoms with Gasteiger partial charge in [0, 0.05) is 43.6 Å². The predicted octanol–water partition coefficient (Wildman–Crippen LogP) is 2.28. The quantitative estimate of drug-likeness (QED) is 0.736. The van der Waals surface area contributed by atoms with Crippen molar-refractivity contribution in [3.05, 3.63) is 51.8 Å². The molecule has 0 saturated carbocycles. The molecule has 4 rings (SSSR count). The lowest BCUT2D eigenvalue weighted by Gasteiger charge is -2.36. The first-order valence-electron chi connectivity index (χ1n) is 9.93. The van der Waals surface area contributed by atoms with Gasteiger partial charge in [-0.25, -0.2) is 4.98 Å². The van der Waals surface area contributed by atoms with E-state index >= 15 is 0 Å². The van der Waals surface area contributed by atoms with Crippen LogP contribution >= 0.6 is 0 Å². The Kier molecular flexibility index (Phi) is 4.86. The molecule has 3 aromatic rings. The maximum atomic E-state index is 12.8. The van der Waals surface area contributed by atoms with Crippen LogP contribution in [0.3, 0.4) is 0 Å². The van der Waals surface area contributed by atoms with Gasteiger partial charge < -0.3 is 9.80 Å². The molecule has 1 fully saturated rings. The third kappa shape index (κ3) is 3.39. The van der Waals surface area contributed by atoms with E-state index in [0.717, 1.165) is 30.2 Å². The van der Waals surface area contributed by atoms with E-state index in [2.05, 4.69) is 20.1 Å². The molecule has 0 unspecified atom stereocenters. The van der Waals surface area contributed by atoms with Crippen molar-refractivity contribution >= 4 is 22.5 Å². The summed E-state index contributed by atoms with van der Waals surface area (Å²) in [6.07, 6.45) is 1.62. The molecule has 1 saturated heterocycles. The smallest absolute Gasteiger partial charge is 0.261 e. The van der Waals surface area contributed by atoms with Crippen molar-refractivity contribution in [3.8, 4) is 0 Å². The molecule has 0 bridgehead atoms. The van der Waals surface area contributed by atoms with Gasteiger partial charge in [0.1, 0.15) is 0 Å². The number of rotatable bonds is 3. The Morgan fingerprint density at radius 1 is 1.14 bits per heavy atom. The Morgan fingerprint density at radius 2 is 1.86 bits per heavy atom. The van der Waals surface area contributed by atoms with E-state index in [1.807, 2.05) is 50.8 Å². The van der Waals surface area contributed by atoms with Gasteiger partial charge in [-0.1, -0.05) is 0 Å². The molecule has 8 nitrogen and oxygen atoms in total. The molecule has 29 heavy (non-hydrogen) atoms. The third-order valence-corrected chi connectivity index (χ3v) is 5.60. The number of aromatic nitrogens is 4. The molecule has 8 heteroatoms. The standard InChI is InChI=1S/C21H26N6O2/c1-13(2)27-12-22-18-11-16(5-6-17(18)20(27)28)25-7-9-26(10-8-25)21(29)19-14(3)23-24-15(19)4/h5-6,11-13H,7-10H2,1-4H3,(H,23,24). The van der Waals surface area contributed by atoms with Gasteiger partial charge in [0.05, 0.1) is 28.5 Å². The molecule has 3 heterocycles. The van der Waals surface area contributed by atoms with Crippen LogP contribution in [0.2, 0.25) is 0 Å². The summed E-state index contributed by atoms with van der Waals surface area (Å²) in [6, 6.07) is 5.86. The molecule has 2 aromatic heterocycles. The Balaban J connectivity index is 1.51. The van der Waals surface area contributed by atoms with Gasteiger partial charge in [-0.05, 0) is 45.9 Å². The van der Waals surface area contributed by atoms with Crippen LogP contribution in [-0.2, 0) is 0 Å². The first kappa shape index (κ1) is 19.2. The van der Waals surface area contributed by atoms with Gasteiger partial charge in [0.25, 0.3) is 11.5 Å². The van der Waals surface area contributed by atoms with Crippen molar-refractivity contribution < 1.29 is 4.79 Å². The molecular formula is C21H26N6O2. The van der Waals surface area contributed by atoms with Crippen molar-refractivity contribution in [3.63, 3.8) is 0 Å². The lowest BCUT2D eigenvalue weighted by atomic mass is 10.1. The highest BCUT2D eigenvalue weighted by Crippen LogP contribution is 2.22. The highest BCUT2D eigenvalue weighted by atomic mass is 16.2. The molecule has 1 amide bonds. The second kappa shape index (κ2) is 7.35. The number of carbonyl (C=O) groups is 1. The van der Waals surface area contributed by atoms with Crippen LogP contribution in [0, 0.1) is 13.8 Å². The monoisotopic (exact) mass is 394 g/mol. The number of aromatic amines is 1. The number of hydrogen-bond donors (Lipinski definition) is 1. The van der Waals surface area contributed by atoms with Crippen molar-refractivity contribution in [2.24, 2.45) is 0 Å². The van der Waals surface area contributed by atoms with E-state index in [0.29, 0.717) is 29.6 Å². The molecule has 1 aliphatic heterocycles. The van der Waals surface area contributed by atoms with Crippen LogP contribution in [0.1, 0.15) is 41.6 Å². The molecule has 0 atom stereocenters. The Morgan fingerprint density at radius 3 is 2.48 bits per heavy atom. The molecule has 1 N–H and O–H groups in total. The minimum absolute atomic E-state index is 0.0159. The number of benzene rings is 1. The fourth-order valence-electron chi connectivity index (χ4n) is 3.88. The van der Waals surface area contributed by atoms with Gasteiger partial charge in [-0.2, -0.15) is 5.10 Å². The van der Waals surface area contributed by atoms with E-state index in [-0.39, 0.29) is 17.5 Å². The third-order valence-electron chi connectivity index (χ3n) is 5.60. The van der Waals surface area contributed by atoms with Crippen molar-refractivity contribution in [2.75, 3.05) is 31.1 Å². The normalized spacial score (nSPS) is 14.8. The summed E-state index contributed by atoms with van der Waals surface area (Å²) in [4.78, 5) is 34.0. The Labute approximate surface area is 169 Å². The second-order valence-electron chi connectivity index (χ2n) is 7.84. The zero-order valence-electron chi connectivity index (χ0n) is 17.3. The maximum absolute atomic E-state index is 12.8. The summed E-state index contributed by atoms with van der Waals surface area (Å²) in [6.45, 7) is 10.4. The minimum Gasteiger partial charge on any atom is -0.368 e. The number of piperazine rings is 1. The van der Waals surface area contributed by atoms with Gasteiger partial charge >= 0.3 is 0 Å². The van der Waals surface area contributed by atoms with Crippen LogP contribution < -0.4 is 10.5 Å². The highest BCUT2D eigenvalue weighted by molar-refractivity contribution is 5.96. The summed E-state index contributed by atoms with van der Waals surface area (Å²) in [5.41, 5.74) is 3.93. The average molecular weight is 394 g/mol. The van der Waals surface area contributed by atoms with Crippen LogP contribution in [0.5, 0.6) is 0 Å². The van der Waals surface area contributed by atoms with Gasteiger partial charge in [-0.3, -0.25) is 19.3 Å². The molecule has 0 spiro atoms. The first-order chi connectivity index (χ1) is 13.9. The van der Waals surface area contributed by atoms with Crippen molar-refractivity contribution in [1.82, 2.24) is 24.6 Å². The van der Waals surface area contributed by atoms with Crippen molar-refractivity contribution in [2.45, 2.75) is 33.7 Å². The molecule has 0 aliphatic carbocycles. The van der Waals surface area contributed by atoms with Crippen LogP contribution in [0.25, 0.3) is 10.9 Å². The fourth-order valence-corrected chi connectivity index (χ4v) is 3.88. The molecular weight excluding hydrogens is 368 g/mol. The SMILES string of the molecule is Cc1n[nH]c(C)c1C(=O)N1CCN(c2ccc3c(=O)n(C(C)C)cnc3c2)CC1. The zero-order chi connectivity index (χ0) is 20.7. The molecule has 0 radical (unpaired) electrons. The van der Waals surface area contributed by atoms with Crippen molar-refractivity contribution in [1.29, 1.82) is 0 Å². The summed E-state index contributed by atoms with van der Waals surface area (Å²) < 4.78 is 1.65.